The van der Waals surface area contributed by atoms with Crippen LogP contribution in [0.5, 0.6) is 23.0 Å². The summed E-state index contributed by atoms with van der Waals surface area (Å²) < 4.78 is 24.1. The molecule has 0 aliphatic rings. The Morgan fingerprint density at radius 1 is 0.380 bits per heavy atom. The van der Waals surface area contributed by atoms with Gasteiger partial charge < -0.3 is 39.4 Å². The summed E-state index contributed by atoms with van der Waals surface area (Å²) >= 11 is 0. The predicted octanol–water partition coefficient (Wildman–Crippen LogP) is 13.7. The molecule has 12 heteroatoms. The molecule has 436 valence electrons. The van der Waals surface area contributed by atoms with E-state index in [1.807, 2.05) is 145 Å². The number of hydrogen-bond acceptors (Lipinski definition) is 12. The van der Waals surface area contributed by atoms with Crippen molar-refractivity contribution in [2.45, 2.75) is 210 Å². The number of phenolic OH excluding ortho intramolecular Hbond substituents is 4. The van der Waals surface area contributed by atoms with Crippen LogP contribution in [-0.4, -0.2) is 70.7 Å². The van der Waals surface area contributed by atoms with Gasteiger partial charge in [-0.15, -0.1) is 0 Å². The van der Waals surface area contributed by atoms with Gasteiger partial charge in [-0.3, -0.25) is 19.2 Å². The summed E-state index contributed by atoms with van der Waals surface area (Å²) in [6.45, 7) is 34.4. The maximum Gasteiger partial charge on any atom is 0.306 e. The van der Waals surface area contributed by atoms with Gasteiger partial charge >= 0.3 is 23.9 Å². The summed E-state index contributed by atoms with van der Waals surface area (Å²) in [6.07, 6.45) is 2.31. The van der Waals surface area contributed by atoms with E-state index in [1.165, 1.54) is 0 Å². The molecule has 4 aromatic carbocycles. The summed E-state index contributed by atoms with van der Waals surface area (Å²) in [4.78, 5) is 55.5. The number of phenols is 4. The summed E-state index contributed by atoms with van der Waals surface area (Å²) in [5, 5.41) is 44.3. The number of ether oxygens (including phenoxy) is 4. The molecule has 0 bridgehead atoms. The predicted molar refractivity (Wildman–Crippen MR) is 313 cm³/mol. The number of carbonyl (C=O) groups excluding carboxylic acids is 4. The van der Waals surface area contributed by atoms with E-state index in [-0.39, 0.29) is 82.2 Å². The molecule has 0 heterocycles. The molecule has 4 rings (SSSR count). The zero-order valence-corrected chi connectivity index (χ0v) is 51.2. The van der Waals surface area contributed by atoms with Crippen LogP contribution >= 0.6 is 0 Å². The second-order valence-electron chi connectivity index (χ2n) is 27.3. The van der Waals surface area contributed by atoms with Crippen LogP contribution < -0.4 is 0 Å². The molecule has 0 amide bonds. The van der Waals surface area contributed by atoms with E-state index in [0.717, 1.165) is 55.6 Å². The molecule has 0 aromatic heterocycles. The minimum atomic E-state index is -1.55. The average Bonchev–Trinajstić information content (AvgIpc) is 3.33. The Morgan fingerprint density at radius 3 is 0.835 bits per heavy atom. The first-order valence-corrected chi connectivity index (χ1v) is 28.4. The highest BCUT2D eigenvalue weighted by Crippen LogP contribution is 2.39. The summed E-state index contributed by atoms with van der Waals surface area (Å²) in [6, 6.07) is 15.2. The molecule has 0 saturated carbocycles. The SMILES string of the molecule is Cc1cc(CCC(=O)OCC(COC(=O)CCc2cc(C)c(O)c(C(C)(C)C)c2)(COC(=O)CCc2cc(CC(C)C)c(O)c(C(C)(C)C)c2)COC(=O)CCc2cc(CC(C)C)c(O)c(C(C)(C)C)c2)cc(C(C)(C)C)c1O. The van der Waals surface area contributed by atoms with E-state index in [4.69, 9.17) is 18.9 Å². The second-order valence-corrected chi connectivity index (χ2v) is 27.3. The zero-order chi connectivity index (χ0) is 59.6. The molecular weight excluding hydrogens is 997 g/mol. The Kier molecular flexibility index (Phi) is 22.3. The smallest absolute Gasteiger partial charge is 0.306 e. The van der Waals surface area contributed by atoms with Crippen LogP contribution in [0.25, 0.3) is 0 Å². The Balaban J connectivity index is 1.69. The van der Waals surface area contributed by atoms with E-state index in [2.05, 4.69) is 27.7 Å². The molecule has 0 aliphatic heterocycles. The molecule has 0 fully saturated rings. The van der Waals surface area contributed by atoms with E-state index in [1.54, 1.807) is 0 Å². The first-order valence-electron chi connectivity index (χ1n) is 28.4. The first kappa shape index (κ1) is 65.5. The molecular formula is C67H96O12. The van der Waals surface area contributed by atoms with Gasteiger partial charge in [0.2, 0.25) is 0 Å². The Hall–Kier alpha value is -6.04. The third-order valence-electron chi connectivity index (χ3n) is 14.3. The van der Waals surface area contributed by atoms with Crippen LogP contribution in [0.4, 0.5) is 0 Å². The molecule has 4 N–H and O–H groups in total. The number of benzene rings is 4. The van der Waals surface area contributed by atoms with E-state index in [0.29, 0.717) is 49.7 Å². The molecule has 0 radical (unpaired) electrons. The van der Waals surface area contributed by atoms with Crippen LogP contribution in [0.2, 0.25) is 0 Å². The van der Waals surface area contributed by atoms with Crippen molar-refractivity contribution in [1.29, 1.82) is 0 Å². The van der Waals surface area contributed by atoms with Gasteiger partial charge in [0, 0.05) is 25.7 Å². The standard InChI is InChI=1S/C67H96O12/c1-41(2)27-49-31-47(35-53(61(49)74)65(13,14)15)21-25-57(70)78-39-67(37-76-55(68)23-19-45-29-43(5)59(72)51(33-45)63(7,8)9,38-77-56(69)24-20-46-30-44(6)60(73)52(34-46)64(10,11)12)40-79-58(71)26-22-48-32-50(28-42(3)4)62(75)54(36-48)66(16,17)18/h29-36,41-42,72-75H,19-28,37-40H2,1-18H3. The Labute approximate surface area is 473 Å². The monoisotopic (exact) mass is 1090 g/mol. The van der Waals surface area contributed by atoms with E-state index >= 15 is 0 Å². The van der Waals surface area contributed by atoms with Crippen molar-refractivity contribution in [3.63, 3.8) is 0 Å². The third kappa shape index (κ3) is 19.6. The largest absolute Gasteiger partial charge is 0.507 e. The van der Waals surface area contributed by atoms with Crippen molar-refractivity contribution < 1.29 is 58.6 Å². The Bertz CT molecular complexity index is 2580. The molecule has 0 unspecified atom stereocenters. The summed E-state index contributed by atoms with van der Waals surface area (Å²) in [7, 11) is 0. The van der Waals surface area contributed by atoms with Crippen molar-refractivity contribution >= 4 is 23.9 Å². The quantitative estimate of drug-likeness (QED) is 0.0385. The maximum atomic E-state index is 13.9. The van der Waals surface area contributed by atoms with Crippen LogP contribution in [0, 0.1) is 31.1 Å². The molecule has 0 atom stereocenters. The lowest BCUT2D eigenvalue weighted by atomic mass is 9.82. The van der Waals surface area contributed by atoms with E-state index < -0.39 is 55.7 Å². The summed E-state index contributed by atoms with van der Waals surface area (Å²) in [5.41, 5.74) is 6.40. The van der Waals surface area contributed by atoms with Gasteiger partial charge in [-0.25, -0.2) is 0 Å². The molecule has 12 nitrogen and oxygen atoms in total. The third-order valence-corrected chi connectivity index (χ3v) is 14.3. The van der Waals surface area contributed by atoms with Crippen LogP contribution in [0.1, 0.15) is 203 Å². The second kappa shape index (κ2) is 26.9. The van der Waals surface area contributed by atoms with Crippen LogP contribution in [0.15, 0.2) is 48.5 Å². The lowest BCUT2D eigenvalue weighted by molar-refractivity contribution is -0.170. The number of aromatic hydroxyl groups is 4. The molecule has 4 aromatic rings. The molecule has 0 saturated heterocycles. The fourth-order valence-corrected chi connectivity index (χ4v) is 9.74. The minimum absolute atomic E-state index is 0.0435. The molecule has 0 aliphatic carbocycles. The topological polar surface area (TPSA) is 186 Å². The highest BCUT2D eigenvalue weighted by molar-refractivity contribution is 5.72. The fourth-order valence-electron chi connectivity index (χ4n) is 9.74. The van der Waals surface area contributed by atoms with Crippen molar-refractivity contribution in [3.05, 3.63) is 115 Å². The van der Waals surface area contributed by atoms with Crippen molar-refractivity contribution in [1.82, 2.24) is 0 Å². The van der Waals surface area contributed by atoms with Crippen molar-refractivity contribution in [3.8, 4) is 23.0 Å². The van der Waals surface area contributed by atoms with Crippen LogP contribution in [0.3, 0.4) is 0 Å². The van der Waals surface area contributed by atoms with E-state index in [9.17, 15) is 39.6 Å². The average molecular weight is 1090 g/mol. The number of esters is 4. The van der Waals surface area contributed by atoms with Gasteiger partial charge in [-0.05, 0) is 153 Å². The summed E-state index contributed by atoms with van der Waals surface area (Å²) in [5.74, 6) is -0.879. The number of carbonyl (C=O) groups is 4. The molecule has 79 heavy (non-hydrogen) atoms. The first-order chi connectivity index (χ1) is 36.4. The van der Waals surface area contributed by atoms with Crippen LogP contribution in [-0.2, 0) is 98.3 Å². The highest BCUT2D eigenvalue weighted by Gasteiger charge is 2.38. The zero-order valence-electron chi connectivity index (χ0n) is 51.2. The fraction of sp³-hybridized carbons (Fsp3) is 0.582. The maximum absolute atomic E-state index is 13.9. The number of hydrogen-bond donors (Lipinski definition) is 4. The number of aryl methyl sites for hydroxylation is 6. The van der Waals surface area contributed by atoms with Crippen molar-refractivity contribution in [2.24, 2.45) is 17.3 Å². The lowest BCUT2D eigenvalue weighted by Gasteiger charge is -2.31. The van der Waals surface area contributed by atoms with Gasteiger partial charge in [0.1, 0.15) is 54.8 Å². The Morgan fingerprint density at radius 2 is 0.608 bits per heavy atom. The normalized spacial score (nSPS) is 12.5. The number of rotatable bonds is 24. The minimum Gasteiger partial charge on any atom is -0.507 e. The molecule has 0 spiro atoms. The van der Waals surface area contributed by atoms with Gasteiger partial charge in [0.25, 0.3) is 0 Å². The van der Waals surface area contributed by atoms with Gasteiger partial charge in [0.15, 0.2) is 0 Å². The van der Waals surface area contributed by atoms with Crippen molar-refractivity contribution in [2.75, 3.05) is 26.4 Å². The van der Waals surface area contributed by atoms with Gasteiger partial charge in [-0.1, -0.05) is 159 Å². The highest BCUT2D eigenvalue weighted by atomic mass is 16.6. The van der Waals surface area contributed by atoms with Gasteiger partial charge in [0.05, 0.1) is 0 Å². The lowest BCUT2D eigenvalue weighted by Crippen LogP contribution is -2.44. The van der Waals surface area contributed by atoms with Gasteiger partial charge in [-0.2, -0.15) is 0 Å².